The summed E-state index contributed by atoms with van der Waals surface area (Å²) in [6.45, 7) is 0. The maximum Gasteiger partial charge on any atom is 0.175 e. The van der Waals surface area contributed by atoms with Crippen molar-refractivity contribution in [1.82, 2.24) is 0 Å². The molecule has 0 N–H and O–H groups in total. The van der Waals surface area contributed by atoms with Crippen LogP contribution in [-0.2, 0) is 15.6 Å². The van der Waals surface area contributed by atoms with E-state index < -0.39 is 44.4 Å². The summed E-state index contributed by atoms with van der Waals surface area (Å²) in [6, 6.07) is 6.17. The molecule has 0 aliphatic rings. The Morgan fingerprint density at radius 2 is 1.54 bits per heavy atom. The van der Waals surface area contributed by atoms with Gasteiger partial charge in [0.05, 0.1) is 18.4 Å². The molecule has 3 nitrogen and oxygen atoms in total. The number of benzene rings is 2. The van der Waals surface area contributed by atoms with E-state index in [1.807, 2.05) is 0 Å². The molecule has 0 radical (unpaired) electrons. The molecule has 0 bridgehead atoms. The van der Waals surface area contributed by atoms with Crippen molar-refractivity contribution in [2.45, 2.75) is 5.75 Å². The molecule has 0 saturated carbocycles. The van der Waals surface area contributed by atoms with E-state index >= 15 is 0 Å². The maximum atomic E-state index is 13.5. The highest BCUT2D eigenvalue weighted by Gasteiger charge is 2.18. The summed E-state index contributed by atoms with van der Waals surface area (Å²) in [6.07, 6.45) is 0.496. The molecule has 8 heteroatoms. The highest BCUT2D eigenvalue weighted by Crippen LogP contribution is 2.21. The van der Waals surface area contributed by atoms with Crippen LogP contribution in [0.5, 0.6) is 5.75 Å². The Kier molecular flexibility index (Phi) is 5.28. The van der Waals surface area contributed by atoms with E-state index in [4.69, 9.17) is 4.74 Å². The van der Waals surface area contributed by atoms with Gasteiger partial charge in [-0.3, -0.25) is 0 Å². The van der Waals surface area contributed by atoms with Gasteiger partial charge in [0, 0.05) is 11.5 Å². The van der Waals surface area contributed by atoms with Gasteiger partial charge in [0.1, 0.15) is 5.75 Å². The zero-order valence-corrected chi connectivity index (χ0v) is 13.2. The summed E-state index contributed by atoms with van der Waals surface area (Å²) in [4.78, 5) is 0. The quantitative estimate of drug-likeness (QED) is 0.601. The van der Waals surface area contributed by atoms with Crippen molar-refractivity contribution in [3.8, 4) is 5.75 Å². The van der Waals surface area contributed by atoms with Crippen LogP contribution in [0.2, 0.25) is 0 Å². The third kappa shape index (κ3) is 4.14. The molecule has 2 aromatic carbocycles. The molecule has 0 aliphatic carbocycles. The number of hydrogen-bond donors (Lipinski definition) is 0. The highest BCUT2D eigenvalue weighted by molar-refractivity contribution is 7.93. The molecular formula is C16H12F4O3S. The van der Waals surface area contributed by atoms with E-state index in [-0.39, 0.29) is 6.07 Å². The Hall–Kier alpha value is -2.35. The van der Waals surface area contributed by atoms with Crippen LogP contribution >= 0.6 is 0 Å². The molecule has 0 unspecified atom stereocenters. The molecule has 0 amide bonds. The Morgan fingerprint density at radius 1 is 1.00 bits per heavy atom. The van der Waals surface area contributed by atoms with Gasteiger partial charge in [0.25, 0.3) is 0 Å². The smallest absolute Gasteiger partial charge is 0.175 e. The highest BCUT2D eigenvalue weighted by atomic mass is 32.2. The molecule has 0 fully saturated rings. The lowest BCUT2D eigenvalue weighted by atomic mass is 10.2. The first-order chi connectivity index (χ1) is 11.2. The van der Waals surface area contributed by atoms with Gasteiger partial charge in [-0.05, 0) is 23.8 Å². The molecule has 24 heavy (non-hydrogen) atoms. The normalized spacial score (nSPS) is 11.9. The molecule has 0 saturated heterocycles. The predicted octanol–water partition coefficient (Wildman–Crippen LogP) is 3.84. The fourth-order valence-corrected chi connectivity index (χ4v) is 3.01. The second kappa shape index (κ2) is 7.04. The van der Waals surface area contributed by atoms with E-state index in [9.17, 15) is 26.0 Å². The minimum Gasteiger partial charge on any atom is -0.497 e. The first-order valence-corrected chi connectivity index (χ1v) is 8.32. The Labute approximate surface area is 136 Å². The van der Waals surface area contributed by atoms with E-state index in [1.54, 1.807) is 12.1 Å². The van der Waals surface area contributed by atoms with Crippen LogP contribution in [0.4, 0.5) is 17.6 Å². The SMILES string of the molecule is COc1ccc(CS(=O)(=O)C=Cc2c(F)c(F)cc(F)c2F)cc1. The Bertz CT molecular complexity index is 849. The summed E-state index contributed by atoms with van der Waals surface area (Å²) in [5.74, 6) is -6.46. The van der Waals surface area contributed by atoms with Gasteiger partial charge in [0.15, 0.2) is 33.1 Å². The fraction of sp³-hybridized carbons (Fsp3) is 0.125. The molecule has 0 atom stereocenters. The van der Waals surface area contributed by atoms with Gasteiger partial charge in [0.2, 0.25) is 0 Å². The topological polar surface area (TPSA) is 43.4 Å². The summed E-state index contributed by atoms with van der Waals surface area (Å²) < 4.78 is 82.0. The zero-order chi connectivity index (χ0) is 17.9. The fourth-order valence-electron chi connectivity index (χ4n) is 1.91. The predicted molar refractivity (Wildman–Crippen MR) is 80.9 cm³/mol. The summed E-state index contributed by atoms with van der Waals surface area (Å²) in [5, 5.41) is 0.512. The number of ether oxygens (including phenoxy) is 1. The van der Waals surface area contributed by atoms with Crippen molar-refractivity contribution < 1.29 is 30.7 Å². The molecule has 2 aromatic rings. The van der Waals surface area contributed by atoms with Gasteiger partial charge < -0.3 is 4.74 Å². The third-order valence-electron chi connectivity index (χ3n) is 3.11. The monoisotopic (exact) mass is 360 g/mol. The number of rotatable bonds is 5. The van der Waals surface area contributed by atoms with Gasteiger partial charge in [-0.25, -0.2) is 26.0 Å². The van der Waals surface area contributed by atoms with Crippen molar-refractivity contribution in [2.75, 3.05) is 7.11 Å². The van der Waals surface area contributed by atoms with Gasteiger partial charge in [-0.15, -0.1) is 0 Å². The van der Waals surface area contributed by atoms with Crippen molar-refractivity contribution in [3.05, 3.63) is 70.1 Å². The summed E-state index contributed by atoms with van der Waals surface area (Å²) in [7, 11) is -2.46. The molecule has 0 aromatic heterocycles. The lowest BCUT2D eigenvalue weighted by Crippen LogP contribution is -2.02. The average molecular weight is 360 g/mol. The van der Waals surface area contributed by atoms with Gasteiger partial charge >= 0.3 is 0 Å². The van der Waals surface area contributed by atoms with Crippen molar-refractivity contribution >= 4 is 15.9 Å². The van der Waals surface area contributed by atoms with Gasteiger partial charge in [-0.2, -0.15) is 0 Å². The molecule has 128 valence electrons. The second-order valence-corrected chi connectivity index (χ2v) is 6.73. The van der Waals surface area contributed by atoms with Crippen LogP contribution in [-0.4, -0.2) is 15.5 Å². The van der Waals surface area contributed by atoms with Crippen LogP contribution in [0, 0.1) is 23.3 Å². The summed E-state index contributed by atoms with van der Waals surface area (Å²) in [5.41, 5.74) is -0.683. The second-order valence-electron chi connectivity index (χ2n) is 4.84. The van der Waals surface area contributed by atoms with Gasteiger partial charge in [-0.1, -0.05) is 12.1 Å². The molecular weight excluding hydrogens is 348 g/mol. The van der Waals surface area contributed by atoms with E-state index in [1.165, 1.54) is 19.2 Å². The largest absolute Gasteiger partial charge is 0.497 e. The zero-order valence-electron chi connectivity index (χ0n) is 12.4. The van der Waals surface area contributed by atoms with Crippen LogP contribution in [0.15, 0.2) is 35.7 Å². The van der Waals surface area contributed by atoms with E-state index in [0.29, 0.717) is 22.8 Å². The molecule has 0 aliphatic heterocycles. The van der Waals surface area contributed by atoms with Crippen LogP contribution < -0.4 is 4.74 Å². The molecule has 0 spiro atoms. The Balaban J connectivity index is 2.27. The number of halogens is 4. The minimum atomic E-state index is -3.91. The third-order valence-corrected chi connectivity index (χ3v) is 4.40. The first-order valence-electron chi connectivity index (χ1n) is 6.60. The lowest BCUT2D eigenvalue weighted by molar-refractivity contribution is 0.414. The van der Waals surface area contributed by atoms with Crippen molar-refractivity contribution in [2.24, 2.45) is 0 Å². The number of hydrogen-bond acceptors (Lipinski definition) is 3. The lowest BCUT2D eigenvalue weighted by Gasteiger charge is -2.04. The van der Waals surface area contributed by atoms with E-state index in [2.05, 4.69) is 0 Å². The van der Waals surface area contributed by atoms with Crippen molar-refractivity contribution in [3.63, 3.8) is 0 Å². The first kappa shape index (κ1) is 18.0. The molecule has 0 heterocycles. The van der Waals surface area contributed by atoms with Crippen LogP contribution in [0.25, 0.3) is 6.08 Å². The van der Waals surface area contributed by atoms with Crippen LogP contribution in [0.3, 0.4) is 0 Å². The minimum absolute atomic E-state index is 0.0495. The molecule has 2 rings (SSSR count). The number of methoxy groups -OCH3 is 1. The average Bonchev–Trinajstić information content (AvgIpc) is 2.53. The number of sulfone groups is 1. The van der Waals surface area contributed by atoms with Crippen molar-refractivity contribution in [1.29, 1.82) is 0 Å². The summed E-state index contributed by atoms with van der Waals surface area (Å²) >= 11 is 0. The Morgan fingerprint density at radius 3 is 2.04 bits per heavy atom. The van der Waals surface area contributed by atoms with Crippen LogP contribution in [0.1, 0.15) is 11.1 Å². The van der Waals surface area contributed by atoms with E-state index in [0.717, 1.165) is 0 Å². The maximum absolute atomic E-state index is 13.5. The standard InChI is InChI=1S/C16H12F4O3S/c1-23-11-4-2-10(3-5-11)9-24(21,22)7-6-12-15(19)13(17)8-14(18)16(12)20/h2-8H,9H2,1H3.